The fourth-order valence-electron chi connectivity index (χ4n) is 2.18. The van der Waals surface area contributed by atoms with Gasteiger partial charge < -0.3 is 4.43 Å². The topological polar surface area (TPSA) is 22.1 Å². The summed E-state index contributed by atoms with van der Waals surface area (Å²) in [6, 6.07) is 6.12. The Morgan fingerprint density at radius 1 is 1.10 bits per heavy atom. The summed E-state index contributed by atoms with van der Waals surface area (Å²) in [5.41, 5.74) is 2.22. The monoisotopic (exact) mass is 414 g/mol. The largest absolute Gasteiger partial charge is 0.530 e. The lowest BCUT2D eigenvalue weighted by Crippen LogP contribution is -2.15. The molecule has 2 rings (SSSR count). The molecule has 0 aliphatic heterocycles. The van der Waals surface area contributed by atoms with Crippen molar-refractivity contribution in [3.05, 3.63) is 32.7 Å². The van der Waals surface area contributed by atoms with Crippen molar-refractivity contribution in [2.24, 2.45) is 0 Å². The Labute approximate surface area is 138 Å². The Kier molecular flexibility index (Phi) is 4.62. The van der Waals surface area contributed by atoms with E-state index in [0.29, 0.717) is 5.88 Å². The number of hydrogen-bond donors (Lipinski definition) is 0. The van der Waals surface area contributed by atoms with Crippen LogP contribution in [0.15, 0.2) is 27.1 Å². The molecule has 0 saturated carbocycles. The first-order valence-corrected chi connectivity index (χ1v) is 10.5. The summed E-state index contributed by atoms with van der Waals surface area (Å²) in [7, 11) is -0.808. The molecule has 1 aromatic carbocycles. The predicted molar refractivity (Wildman–Crippen MR) is 94.0 cm³/mol. The van der Waals surface area contributed by atoms with Crippen LogP contribution in [0.25, 0.3) is 10.9 Å². The molecule has 107 valence electrons. The van der Waals surface area contributed by atoms with Gasteiger partial charge in [0, 0.05) is 14.3 Å². The van der Waals surface area contributed by atoms with E-state index in [4.69, 9.17) is 9.41 Å². The average molecular weight is 416 g/mol. The second-order valence-corrected chi connectivity index (χ2v) is 9.75. The van der Waals surface area contributed by atoms with Gasteiger partial charge in [-0.05, 0) is 42.3 Å². The third-order valence-corrected chi connectivity index (χ3v) is 4.81. The lowest BCUT2D eigenvalue weighted by Gasteiger charge is -2.23. The molecule has 2 nitrogen and oxygen atoms in total. The van der Waals surface area contributed by atoms with Gasteiger partial charge in [0.2, 0.25) is 0 Å². The molecule has 1 aromatic heterocycles. The van der Waals surface area contributed by atoms with E-state index in [1.54, 1.807) is 0 Å². The van der Waals surface area contributed by atoms with Crippen LogP contribution in [0.1, 0.15) is 26.3 Å². The number of pyridine rings is 1. The summed E-state index contributed by atoms with van der Waals surface area (Å²) in [5, 5.41) is 1.12. The van der Waals surface area contributed by atoms with Crippen molar-refractivity contribution >= 4 is 51.8 Å². The molecule has 0 N–H and O–H groups in total. The number of benzene rings is 1. The molecule has 0 spiro atoms. The number of nitrogens with zero attached hydrogens (tertiary/aromatic N) is 1. The lowest BCUT2D eigenvalue weighted by molar-refractivity contribution is 0.555. The molecule has 1 radical (unpaired) electrons. The van der Waals surface area contributed by atoms with Gasteiger partial charge in [0.1, 0.15) is 0 Å². The quantitative estimate of drug-likeness (QED) is 0.588. The molecular formula is C15H18Br2NOSi. The normalized spacial score (nSPS) is 12.2. The van der Waals surface area contributed by atoms with Gasteiger partial charge in [0.25, 0.3) is 9.04 Å². The number of fused-ring (bicyclic) bond motifs is 1. The van der Waals surface area contributed by atoms with Gasteiger partial charge in [-0.3, -0.25) is 0 Å². The molecule has 0 fully saturated rings. The zero-order valence-electron chi connectivity index (χ0n) is 12.3. The van der Waals surface area contributed by atoms with Gasteiger partial charge in [0.05, 0.1) is 5.52 Å². The molecule has 0 aliphatic rings. The van der Waals surface area contributed by atoms with Crippen molar-refractivity contribution in [1.82, 2.24) is 4.98 Å². The maximum absolute atomic E-state index is 5.83. The first kappa shape index (κ1) is 16.0. The molecular weight excluding hydrogens is 398 g/mol. The first-order valence-electron chi connectivity index (χ1n) is 6.47. The maximum Gasteiger partial charge on any atom is 0.276 e. The van der Waals surface area contributed by atoms with Crippen LogP contribution in [0.4, 0.5) is 0 Å². The van der Waals surface area contributed by atoms with Gasteiger partial charge in [0.15, 0.2) is 5.88 Å². The van der Waals surface area contributed by atoms with Crippen molar-refractivity contribution in [2.75, 3.05) is 0 Å². The van der Waals surface area contributed by atoms with E-state index >= 15 is 0 Å². The van der Waals surface area contributed by atoms with Crippen LogP contribution in [0, 0.1) is 0 Å². The van der Waals surface area contributed by atoms with Gasteiger partial charge in [-0.2, -0.15) is 0 Å². The highest BCUT2D eigenvalue weighted by Gasteiger charge is 2.23. The van der Waals surface area contributed by atoms with E-state index in [1.807, 2.05) is 6.07 Å². The molecule has 0 aliphatic carbocycles. The van der Waals surface area contributed by atoms with Crippen LogP contribution < -0.4 is 4.43 Å². The van der Waals surface area contributed by atoms with Gasteiger partial charge in [-0.15, -0.1) is 0 Å². The minimum atomic E-state index is -0.808. The molecule has 0 bridgehead atoms. The van der Waals surface area contributed by atoms with Crippen LogP contribution in [0.5, 0.6) is 5.88 Å². The van der Waals surface area contributed by atoms with E-state index < -0.39 is 9.04 Å². The Morgan fingerprint density at radius 3 is 2.30 bits per heavy atom. The minimum Gasteiger partial charge on any atom is -0.530 e. The minimum absolute atomic E-state index is 0.00954. The molecule has 0 saturated heterocycles. The number of hydrogen-bond acceptors (Lipinski definition) is 2. The van der Waals surface area contributed by atoms with Crippen LogP contribution in [-0.4, -0.2) is 14.0 Å². The standard InChI is InChI=1S/C15H18Br2NOSi/c1-15(2,3)13-11(17)8-10(16)9-6-7-12(18-14(9)13)19-20(4)5/h6-8H,1-5H3. The zero-order chi connectivity index (χ0) is 15.1. The molecule has 1 heterocycles. The van der Waals surface area contributed by atoms with Crippen molar-refractivity contribution < 1.29 is 4.43 Å². The van der Waals surface area contributed by atoms with Crippen LogP contribution in [0.2, 0.25) is 13.1 Å². The van der Waals surface area contributed by atoms with E-state index in [0.717, 1.165) is 19.8 Å². The molecule has 2 aromatic rings. The van der Waals surface area contributed by atoms with Gasteiger partial charge >= 0.3 is 0 Å². The third-order valence-electron chi connectivity index (χ3n) is 2.91. The Hall–Kier alpha value is -0.393. The number of rotatable bonds is 2. The third kappa shape index (κ3) is 3.26. The molecule has 0 amide bonds. The van der Waals surface area contributed by atoms with Crippen LogP contribution in [-0.2, 0) is 5.41 Å². The predicted octanol–water partition coefficient (Wildman–Crippen LogP) is 5.69. The average Bonchev–Trinajstić information content (AvgIpc) is 2.25. The van der Waals surface area contributed by atoms with E-state index in [1.165, 1.54) is 5.56 Å². The van der Waals surface area contributed by atoms with Crippen molar-refractivity contribution in [2.45, 2.75) is 39.3 Å². The maximum atomic E-state index is 5.83. The Balaban J connectivity index is 2.76. The molecule has 20 heavy (non-hydrogen) atoms. The fraction of sp³-hybridized carbons (Fsp3) is 0.400. The Bertz CT molecular complexity index is 650. The highest BCUT2D eigenvalue weighted by Crippen LogP contribution is 2.39. The van der Waals surface area contributed by atoms with E-state index in [2.05, 4.69) is 77.9 Å². The van der Waals surface area contributed by atoms with Crippen molar-refractivity contribution in [3.8, 4) is 5.88 Å². The summed E-state index contributed by atoms with van der Waals surface area (Å²) in [6.07, 6.45) is 0. The fourth-order valence-corrected chi connectivity index (χ4v) is 4.58. The van der Waals surface area contributed by atoms with E-state index in [9.17, 15) is 0 Å². The second kappa shape index (κ2) is 5.77. The van der Waals surface area contributed by atoms with Gasteiger partial charge in [-0.25, -0.2) is 4.98 Å². The molecule has 0 unspecified atom stereocenters. The SMILES string of the molecule is C[Si](C)Oc1ccc2c(Br)cc(Br)c(C(C)(C)C)c2n1. The number of halogens is 2. The second-order valence-electron chi connectivity index (χ2n) is 6.02. The molecule has 5 heteroatoms. The summed E-state index contributed by atoms with van der Waals surface area (Å²) in [4.78, 5) is 4.75. The van der Waals surface area contributed by atoms with Crippen molar-refractivity contribution in [3.63, 3.8) is 0 Å². The van der Waals surface area contributed by atoms with E-state index in [-0.39, 0.29) is 5.41 Å². The summed E-state index contributed by atoms with van der Waals surface area (Å²) >= 11 is 7.29. The highest BCUT2D eigenvalue weighted by atomic mass is 79.9. The van der Waals surface area contributed by atoms with Gasteiger partial charge in [-0.1, -0.05) is 52.6 Å². The lowest BCUT2D eigenvalue weighted by atomic mass is 9.85. The molecule has 0 atom stereocenters. The zero-order valence-corrected chi connectivity index (χ0v) is 16.5. The highest BCUT2D eigenvalue weighted by molar-refractivity contribution is 9.11. The first-order chi connectivity index (χ1) is 9.20. The van der Waals surface area contributed by atoms with Crippen molar-refractivity contribution in [1.29, 1.82) is 0 Å². The number of aromatic nitrogens is 1. The smallest absolute Gasteiger partial charge is 0.276 e. The summed E-state index contributed by atoms with van der Waals surface area (Å²) < 4.78 is 7.95. The van der Waals surface area contributed by atoms with Crippen LogP contribution in [0.3, 0.4) is 0 Å². The summed E-state index contributed by atoms with van der Waals surface area (Å²) in [6.45, 7) is 10.8. The summed E-state index contributed by atoms with van der Waals surface area (Å²) in [5.74, 6) is 0.715. The Morgan fingerprint density at radius 2 is 1.75 bits per heavy atom. The van der Waals surface area contributed by atoms with Crippen LogP contribution >= 0.6 is 31.9 Å².